The van der Waals surface area contributed by atoms with Crippen LogP contribution in [-0.2, 0) is 22.4 Å². The summed E-state index contributed by atoms with van der Waals surface area (Å²) in [7, 11) is 0. The second-order valence-electron chi connectivity index (χ2n) is 9.26. The average Bonchev–Trinajstić information content (AvgIpc) is 2.84. The lowest BCUT2D eigenvalue weighted by atomic mass is 9.98. The van der Waals surface area contributed by atoms with Gasteiger partial charge in [-0.1, -0.05) is 33.1 Å². The number of aliphatic carboxylic acids is 1. The molecule has 0 spiro atoms. The van der Waals surface area contributed by atoms with Gasteiger partial charge < -0.3 is 44.8 Å². The Morgan fingerprint density at radius 3 is 2.24 bits per heavy atom. The van der Waals surface area contributed by atoms with Crippen molar-refractivity contribution < 1.29 is 54.4 Å². The molecule has 1 aliphatic rings. The minimum absolute atomic E-state index is 0.0799. The van der Waals surface area contributed by atoms with Crippen molar-refractivity contribution in [2.45, 2.75) is 83.1 Å². The smallest absolute Gasteiger partial charge is 0.347 e. The van der Waals surface area contributed by atoms with E-state index in [-0.39, 0.29) is 28.6 Å². The van der Waals surface area contributed by atoms with E-state index in [9.17, 15) is 40.2 Å². The second kappa shape index (κ2) is 12.9. The number of rotatable bonds is 11. The number of carbonyl (C=O) groups is 2. The van der Waals surface area contributed by atoms with Gasteiger partial charge in [-0.15, -0.1) is 0 Å². The van der Waals surface area contributed by atoms with Crippen molar-refractivity contribution in [2.75, 3.05) is 0 Å². The summed E-state index contributed by atoms with van der Waals surface area (Å²) in [5.41, 5.74) is 1.00. The lowest BCUT2D eigenvalue weighted by Crippen LogP contribution is -2.61. The number of hydrogen-bond acceptors (Lipinski definition) is 10. The molecule has 0 bridgehead atoms. The summed E-state index contributed by atoms with van der Waals surface area (Å²) in [6.45, 7) is 3.92. The first-order valence-corrected chi connectivity index (χ1v) is 12.6. The van der Waals surface area contributed by atoms with Crippen molar-refractivity contribution >= 4 is 11.9 Å². The molecule has 5 atom stereocenters. The van der Waals surface area contributed by atoms with Gasteiger partial charge in [0, 0.05) is 12.1 Å². The zero-order valence-electron chi connectivity index (χ0n) is 21.2. The molecular weight excluding hydrogens is 500 g/mol. The molecule has 5 unspecified atom stereocenters. The largest absolute Gasteiger partial charge is 0.508 e. The summed E-state index contributed by atoms with van der Waals surface area (Å²) in [6.07, 6.45) is -4.95. The highest BCUT2D eigenvalue weighted by Gasteiger charge is 2.48. The van der Waals surface area contributed by atoms with E-state index in [4.69, 9.17) is 14.2 Å². The molecule has 1 saturated heterocycles. The van der Waals surface area contributed by atoms with E-state index >= 15 is 0 Å². The molecule has 0 saturated carbocycles. The van der Waals surface area contributed by atoms with E-state index in [0.717, 1.165) is 30.9 Å². The van der Waals surface area contributed by atoms with Crippen LogP contribution in [0.25, 0.3) is 0 Å². The fourth-order valence-corrected chi connectivity index (χ4v) is 4.31. The molecule has 0 radical (unpaired) electrons. The molecule has 6 N–H and O–H groups in total. The quantitative estimate of drug-likeness (QED) is 0.141. The topological polar surface area (TPSA) is 183 Å². The predicted molar refractivity (Wildman–Crippen MR) is 133 cm³/mol. The van der Waals surface area contributed by atoms with E-state index < -0.39 is 42.6 Å². The van der Waals surface area contributed by atoms with Crippen LogP contribution in [0.15, 0.2) is 30.3 Å². The number of aliphatic hydroxyl groups is 3. The van der Waals surface area contributed by atoms with Crippen LogP contribution in [0, 0.1) is 0 Å². The molecular formula is C27H34O11. The Labute approximate surface area is 219 Å². The summed E-state index contributed by atoms with van der Waals surface area (Å²) in [4.78, 5) is 24.8. The zero-order valence-corrected chi connectivity index (χ0v) is 21.2. The Morgan fingerprint density at radius 2 is 1.58 bits per heavy atom. The summed E-state index contributed by atoms with van der Waals surface area (Å²) >= 11 is 0. The second-order valence-corrected chi connectivity index (χ2v) is 9.26. The third-order valence-corrected chi connectivity index (χ3v) is 6.18. The van der Waals surface area contributed by atoms with Gasteiger partial charge in [0.2, 0.25) is 6.29 Å². The Bertz CT molecular complexity index is 1130. The maximum absolute atomic E-state index is 13.4. The number of unbranched alkanes of at least 4 members (excludes halogenated alkanes) is 2. The first-order chi connectivity index (χ1) is 18.0. The number of carbonyl (C=O) groups excluding carboxylic acids is 1. The fraction of sp³-hybridized carbons (Fsp3) is 0.481. The average molecular weight is 535 g/mol. The maximum atomic E-state index is 13.4. The minimum atomic E-state index is -1.93. The SMILES string of the molecule is CCCCCc1cc(O)cc(OC(=O)c2c(CCC)cc(O)cc2OC2OC(C(=O)O)C(O)C(O)C2O)c1. The third kappa shape index (κ3) is 6.93. The highest BCUT2D eigenvalue weighted by molar-refractivity contribution is 5.96. The number of phenolic OH excluding ortho intramolecular Hbond substituents is 2. The Balaban J connectivity index is 1.95. The third-order valence-electron chi connectivity index (χ3n) is 6.18. The molecule has 11 heteroatoms. The van der Waals surface area contributed by atoms with Gasteiger partial charge in [0.05, 0.1) is 0 Å². The van der Waals surface area contributed by atoms with Crippen molar-refractivity contribution in [1.29, 1.82) is 0 Å². The summed E-state index contributed by atoms with van der Waals surface area (Å²) < 4.78 is 16.4. The molecule has 11 nitrogen and oxygen atoms in total. The molecule has 38 heavy (non-hydrogen) atoms. The molecule has 0 amide bonds. The predicted octanol–water partition coefficient (Wildman–Crippen LogP) is 2.27. The van der Waals surface area contributed by atoms with Crippen LogP contribution in [0.1, 0.15) is 61.0 Å². The van der Waals surface area contributed by atoms with Crippen LogP contribution < -0.4 is 9.47 Å². The van der Waals surface area contributed by atoms with Crippen molar-refractivity contribution in [3.63, 3.8) is 0 Å². The van der Waals surface area contributed by atoms with Crippen molar-refractivity contribution in [3.05, 3.63) is 47.0 Å². The summed E-state index contributed by atoms with van der Waals surface area (Å²) in [5.74, 6) is -3.06. The summed E-state index contributed by atoms with van der Waals surface area (Å²) in [6, 6.07) is 6.92. The lowest BCUT2D eigenvalue weighted by molar-refractivity contribution is -0.271. The number of phenols is 2. The van der Waals surface area contributed by atoms with Gasteiger partial charge in [-0.3, -0.25) is 0 Å². The Morgan fingerprint density at radius 1 is 0.868 bits per heavy atom. The molecule has 1 heterocycles. The Kier molecular flexibility index (Phi) is 9.92. The monoisotopic (exact) mass is 534 g/mol. The standard InChI is InChI=1S/C27H34O11/c1-3-5-6-8-14-9-16(28)12-18(10-14)36-26(35)20-15(7-4-2)11-17(29)13-19(20)37-27-23(32)21(30)22(31)24(38-27)25(33)34/h9-13,21-24,27-32H,3-8H2,1-2H3,(H,33,34). The van der Waals surface area contributed by atoms with Crippen molar-refractivity contribution in [3.8, 4) is 23.0 Å². The van der Waals surface area contributed by atoms with Crippen molar-refractivity contribution in [2.24, 2.45) is 0 Å². The van der Waals surface area contributed by atoms with Crippen LogP contribution in [0.5, 0.6) is 23.0 Å². The van der Waals surface area contributed by atoms with E-state index in [1.54, 1.807) is 12.1 Å². The molecule has 208 valence electrons. The number of aryl methyl sites for hydroxylation is 2. The molecule has 1 fully saturated rings. The van der Waals surface area contributed by atoms with Gasteiger partial charge in [-0.05, 0) is 48.6 Å². The van der Waals surface area contributed by atoms with Gasteiger partial charge >= 0.3 is 11.9 Å². The van der Waals surface area contributed by atoms with Gasteiger partial charge in [-0.25, -0.2) is 9.59 Å². The molecule has 3 rings (SSSR count). The number of carboxylic acids is 1. The van der Waals surface area contributed by atoms with Crippen LogP contribution in [0.3, 0.4) is 0 Å². The number of ether oxygens (including phenoxy) is 3. The number of aromatic hydroxyl groups is 2. The maximum Gasteiger partial charge on any atom is 0.347 e. The minimum Gasteiger partial charge on any atom is -0.508 e. The summed E-state index contributed by atoms with van der Waals surface area (Å²) in [5, 5.41) is 60.1. The fourth-order valence-electron chi connectivity index (χ4n) is 4.31. The molecule has 0 aliphatic carbocycles. The number of benzene rings is 2. The van der Waals surface area contributed by atoms with E-state index in [1.165, 1.54) is 12.1 Å². The zero-order chi connectivity index (χ0) is 28.0. The van der Waals surface area contributed by atoms with Crippen molar-refractivity contribution in [1.82, 2.24) is 0 Å². The van der Waals surface area contributed by atoms with Gasteiger partial charge in [0.25, 0.3) is 0 Å². The van der Waals surface area contributed by atoms with Gasteiger partial charge in [-0.2, -0.15) is 0 Å². The van der Waals surface area contributed by atoms with Crippen LogP contribution >= 0.6 is 0 Å². The Hall–Kier alpha value is -3.38. The van der Waals surface area contributed by atoms with Crippen LogP contribution in [-0.4, -0.2) is 73.3 Å². The van der Waals surface area contributed by atoms with Crippen LogP contribution in [0.4, 0.5) is 0 Å². The van der Waals surface area contributed by atoms with E-state index in [0.29, 0.717) is 24.8 Å². The molecule has 0 aromatic heterocycles. The highest BCUT2D eigenvalue weighted by Crippen LogP contribution is 2.34. The van der Waals surface area contributed by atoms with E-state index in [2.05, 4.69) is 6.92 Å². The molecule has 1 aliphatic heterocycles. The number of carboxylic acid groups (broad SMARTS) is 1. The molecule has 2 aromatic carbocycles. The number of aliphatic hydroxyl groups excluding tert-OH is 3. The highest BCUT2D eigenvalue weighted by atomic mass is 16.7. The molecule has 2 aromatic rings. The van der Waals surface area contributed by atoms with Gasteiger partial charge in [0.15, 0.2) is 6.10 Å². The van der Waals surface area contributed by atoms with Gasteiger partial charge in [0.1, 0.15) is 46.9 Å². The van der Waals surface area contributed by atoms with Crippen LogP contribution in [0.2, 0.25) is 0 Å². The first kappa shape index (κ1) is 29.2. The van der Waals surface area contributed by atoms with E-state index in [1.807, 2.05) is 6.92 Å². The lowest BCUT2D eigenvalue weighted by Gasteiger charge is -2.38. The normalized spacial score (nSPS) is 23.1. The number of esters is 1. The first-order valence-electron chi connectivity index (χ1n) is 12.6. The number of hydrogen-bond donors (Lipinski definition) is 6.